The summed E-state index contributed by atoms with van der Waals surface area (Å²) in [6, 6.07) is 52.0. The molecule has 0 bridgehead atoms. The Bertz CT molecular complexity index is 2380. The van der Waals surface area contributed by atoms with Crippen LogP contribution in [0.4, 0.5) is 0 Å². The molecule has 222 valence electrons. The van der Waals surface area contributed by atoms with E-state index in [1.807, 2.05) is 18.2 Å². The van der Waals surface area contributed by atoms with Gasteiger partial charge >= 0.3 is 0 Å². The van der Waals surface area contributed by atoms with E-state index in [4.69, 9.17) is 0 Å². The second-order valence-electron chi connectivity index (χ2n) is 12.2. The van der Waals surface area contributed by atoms with E-state index < -0.39 is 0 Å². The first-order chi connectivity index (χ1) is 23.1. The number of hydrogen-bond acceptors (Lipinski definition) is 2. The van der Waals surface area contributed by atoms with Crippen molar-refractivity contribution in [2.24, 2.45) is 0 Å². The number of pyridine rings is 1. The molecule has 0 saturated heterocycles. The maximum absolute atomic E-state index is 10.5. The third kappa shape index (κ3) is 5.07. The molecule has 8 aromatic rings. The summed E-state index contributed by atoms with van der Waals surface area (Å²) in [4.78, 5) is 4.21. The third-order valence-electron chi connectivity index (χ3n) is 9.04. The molecule has 8 rings (SSSR count). The second-order valence-corrected chi connectivity index (χ2v) is 12.2. The predicted molar refractivity (Wildman–Crippen MR) is 195 cm³/mol. The fourth-order valence-corrected chi connectivity index (χ4v) is 6.78. The van der Waals surface area contributed by atoms with Gasteiger partial charge in [0, 0.05) is 34.3 Å². The molecule has 0 aliphatic rings. The van der Waals surface area contributed by atoms with Crippen molar-refractivity contribution in [1.82, 2.24) is 9.55 Å². The summed E-state index contributed by atoms with van der Waals surface area (Å²) in [5, 5.41) is 12.8. The molecule has 47 heavy (non-hydrogen) atoms. The number of nitrogens with zero attached hydrogens (tertiary/aromatic N) is 3. The fraction of sp³-hybridized carbons (Fsp3) is 0.0455. The third-order valence-corrected chi connectivity index (χ3v) is 9.04. The lowest BCUT2D eigenvalue weighted by molar-refractivity contribution is 1.18. The van der Waals surface area contributed by atoms with Crippen LogP contribution in [0.1, 0.15) is 16.7 Å². The van der Waals surface area contributed by atoms with Gasteiger partial charge in [-0.25, -0.2) is 0 Å². The van der Waals surface area contributed by atoms with Crippen LogP contribution in [0.25, 0.3) is 72.0 Å². The van der Waals surface area contributed by atoms with Gasteiger partial charge in [0.25, 0.3) is 0 Å². The molecule has 0 fully saturated rings. The zero-order valence-electron chi connectivity index (χ0n) is 26.3. The monoisotopic (exact) mass is 601 g/mol. The van der Waals surface area contributed by atoms with Gasteiger partial charge in [-0.1, -0.05) is 102 Å². The van der Waals surface area contributed by atoms with E-state index in [0.29, 0.717) is 5.56 Å². The number of nitriles is 1. The first-order valence-electron chi connectivity index (χ1n) is 15.8. The van der Waals surface area contributed by atoms with Gasteiger partial charge in [0.15, 0.2) is 0 Å². The molecular weight excluding hydrogens is 571 g/mol. The molecule has 0 saturated carbocycles. The van der Waals surface area contributed by atoms with E-state index in [2.05, 4.69) is 151 Å². The zero-order valence-corrected chi connectivity index (χ0v) is 26.3. The molecule has 0 aliphatic carbocycles. The first kappa shape index (κ1) is 28.2. The minimum absolute atomic E-state index is 0.619. The minimum Gasteiger partial charge on any atom is -0.309 e. The van der Waals surface area contributed by atoms with Gasteiger partial charge < -0.3 is 4.57 Å². The maximum Gasteiger partial charge on any atom is 0.0998 e. The fourth-order valence-electron chi connectivity index (χ4n) is 6.78. The lowest BCUT2D eigenvalue weighted by Gasteiger charge is -2.17. The van der Waals surface area contributed by atoms with Crippen LogP contribution in [0.5, 0.6) is 0 Å². The summed E-state index contributed by atoms with van der Waals surface area (Å²) in [6.45, 7) is 4.27. The number of hydrogen-bond donors (Lipinski definition) is 0. The number of aryl methyl sites for hydroxylation is 2. The van der Waals surface area contributed by atoms with E-state index >= 15 is 0 Å². The van der Waals surface area contributed by atoms with Crippen LogP contribution in [-0.4, -0.2) is 9.55 Å². The summed E-state index contributed by atoms with van der Waals surface area (Å²) in [5.74, 6) is 0. The molecule has 3 heteroatoms. The van der Waals surface area contributed by atoms with E-state index in [0.717, 1.165) is 39.0 Å². The first-order valence-corrected chi connectivity index (χ1v) is 15.8. The van der Waals surface area contributed by atoms with Crippen molar-refractivity contribution >= 4 is 21.8 Å². The second kappa shape index (κ2) is 11.6. The number of rotatable bonds is 5. The highest BCUT2D eigenvalue weighted by molar-refractivity contribution is 6.12. The van der Waals surface area contributed by atoms with E-state index in [-0.39, 0.29) is 0 Å². The Labute approximate surface area is 274 Å². The average Bonchev–Trinajstić information content (AvgIpc) is 3.44. The minimum atomic E-state index is 0.619. The highest BCUT2D eigenvalue weighted by Gasteiger charge is 2.20. The van der Waals surface area contributed by atoms with Crippen LogP contribution in [0, 0.1) is 25.2 Å². The summed E-state index contributed by atoms with van der Waals surface area (Å²) in [5.41, 5.74) is 15.0. The summed E-state index contributed by atoms with van der Waals surface area (Å²) in [7, 11) is 0. The van der Waals surface area contributed by atoms with Gasteiger partial charge in [0.2, 0.25) is 0 Å². The summed E-state index contributed by atoms with van der Waals surface area (Å²) >= 11 is 0. The highest BCUT2D eigenvalue weighted by atomic mass is 15.0. The molecule has 0 atom stereocenters. The average molecular weight is 602 g/mol. The largest absolute Gasteiger partial charge is 0.309 e. The van der Waals surface area contributed by atoms with E-state index in [1.54, 1.807) is 12.4 Å². The van der Waals surface area contributed by atoms with Gasteiger partial charge in [-0.05, 0) is 95.8 Å². The molecule has 3 nitrogen and oxygen atoms in total. The summed E-state index contributed by atoms with van der Waals surface area (Å²) < 4.78 is 2.34. The van der Waals surface area contributed by atoms with Crippen molar-refractivity contribution < 1.29 is 0 Å². The van der Waals surface area contributed by atoms with Crippen LogP contribution in [0.2, 0.25) is 0 Å². The zero-order chi connectivity index (χ0) is 31.9. The van der Waals surface area contributed by atoms with Crippen molar-refractivity contribution in [3.8, 4) is 56.3 Å². The smallest absolute Gasteiger partial charge is 0.0998 e. The van der Waals surface area contributed by atoms with Crippen molar-refractivity contribution in [2.45, 2.75) is 13.8 Å². The lowest BCUT2D eigenvalue weighted by atomic mass is 9.93. The Morgan fingerprint density at radius 3 is 1.57 bits per heavy atom. The Morgan fingerprint density at radius 2 is 1.02 bits per heavy atom. The van der Waals surface area contributed by atoms with Crippen LogP contribution in [-0.2, 0) is 0 Å². The van der Waals surface area contributed by atoms with Gasteiger partial charge in [0.1, 0.15) is 0 Å². The molecule has 2 heterocycles. The van der Waals surface area contributed by atoms with Gasteiger partial charge in [-0.2, -0.15) is 5.26 Å². The molecule has 6 aromatic carbocycles. The molecule has 2 aromatic heterocycles. The van der Waals surface area contributed by atoms with Crippen LogP contribution < -0.4 is 0 Å². The maximum atomic E-state index is 10.5. The van der Waals surface area contributed by atoms with Crippen molar-refractivity contribution in [1.29, 1.82) is 5.26 Å². The van der Waals surface area contributed by atoms with Gasteiger partial charge in [-0.15, -0.1) is 0 Å². The van der Waals surface area contributed by atoms with Crippen molar-refractivity contribution in [3.05, 3.63) is 169 Å². The van der Waals surface area contributed by atoms with E-state index in [1.165, 1.54) is 44.2 Å². The van der Waals surface area contributed by atoms with Crippen LogP contribution >= 0.6 is 0 Å². The van der Waals surface area contributed by atoms with E-state index in [9.17, 15) is 5.26 Å². The van der Waals surface area contributed by atoms with Crippen molar-refractivity contribution in [3.63, 3.8) is 0 Å². The standard InChI is InChI=1S/C44H31N3/c1-29-8-6-12-33(22-29)35-14-16-42-40(24-35)41-25-36(34-13-7-9-30(2)23-34)15-17-43(41)47(42)44-26-37(28-45)38(32-18-20-46-21-19-32)27-39(44)31-10-4-3-5-11-31/h3-27H,1-2H3. The van der Waals surface area contributed by atoms with Crippen LogP contribution in [0.15, 0.2) is 152 Å². The molecule has 0 radical (unpaired) electrons. The van der Waals surface area contributed by atoms with Gasteiger partial charge in [0.05, 0.1) is 28.4 Å². The number of aromatic nitrogens is 2. The molecular formula is C44H31N3. The Balaban J connectivity index is 1.46. The van der Waals surface area contributed by atoms with Crippen LogP contribution in [0.3, 0.4) is 0 Å². The quantitative estimate of drug-likeness (QED) is 0.197. The Hall–Kier alpha value is -6.24. The predicted octanol–water partition coefficient (Wildman–Crippen LogP) is 11.3. The Morgan fingerprint density at radius 1 is 0.489 bits per heavy atom. The molecule has 0 N–H and O–H groups in total. The molecule has 0 amide bonds. The molecule has 0 spiro atoms. The lowest BCUT2D eigenvalue weighted by Crippen LogP contribution is -2.00. The molecule has 0 aliphatic heterocycles. The molecule has 0 unspecified atom stereocenters. The highest BCUT2D eigenvalue weighted by Crippen LogP contribution is 2.41. The number of benzene rings is 6. The van der Waals surface area contributed by atoms with Crippen molar-refractivity contribution in [2.75, 3.05) is 0 Å². The normalized spacial score (nSPS) is 11.2. The Kier molecular flexibility index (Phi) is 6.97. The number of fused-ring (bicyclic) bond motifs is 3. The summed E-state index contributed by atoms with van der Waals surface area (Å²) in [6.07, 6.45) is 3.55. The SMILES string of the molecule is Cc1cccc(-c2ccc3c(c2)c2cc(-c4cccc(C)c4)ccc2n3-c2cc(C#N)c(-c3ccncc3)cc2-c2ccccc2)c1. The topological polar surface area (TPSA) is 41.6 Å². The van der Waals surface area contributed by atoms with Gasteiger partial charge in [-0.3, -0.25) is 4.98 Å².